The average molecular weight is 477 g/mol. The zero-order chi connectivity index (χ0) is 23.0. The molecule has 0 bridgehead atoms. The van der Waals surface area contributed by atoms with E-state index in [2.05, 4.69) is 15.4 Å². The molecule has 1 aliphatic carbocycles. The average Bonchev–Trinajstić information content (AvgIpc) is 3.28. The van der Waals surface area contributed by atoms with E-state index < -0.39 is 0 Å². The molecule has 1 aliphatic heterocycles. The lowest BCUT2D eigenvalue weighted by molar-refractivity contribution is -0.122. The first-order valence-electron chi connectivity index (χ1n) is 10.6. The van der Waals surface area contributed by atoms with E-state index in [1.54, 1.807) is 4.68 Å². The predicted molar refractivity (Wildman–Crippen MR) is 122 cm³/mol. The van der Waals surface area contributed by atoms with Gasteiger partial charge in [-0.15, -0.1) is 11.6 Å². The highest BCUT2D eigenvalue weighted by Gasteiger charge is 2.38. The lowest BCUT2D eigenvalue weighted by atomic mass is 9.82. The van der Waals surface area contributed by atoms with Gasteiger partial charge in [0.25, 0.3) is 5.91 Å². The number of nitrogens with two attached hydrogens (primary N) is 1. The Labute approximate surface area is 196 Å². The van der Waals surface area contributed by atoms with Gasteiger partial charge in [0.05, 0.1) is 35.4 Å². The molecule has 2 aromatic heterocycles. The Bertz CT molecular complexity index is 1100. The van der Waals surface area contributed by atoms with Crippen molar-refractivity contribution in [3.8, 4) is 0 Å². The minimum Gasteiger partial charge on any atom is -0.349 e. The first kappa shape index (κ1) is 22.8. The molecule has 170 valence electrons. The van der Waals surface area contributed by atoms with E-state index in [1.165, 1.54) is 4.90 Å². The van der Waals surface area contributed by atoms with E-state index in [0.29, 0.717) is 22.8 Å². The molecule has 2 unspecified atom stereocenters. The van der Waals surface area contributed by atoms with Crippen LogP contribution in [0, 0.1) is 6.92 Å². The van der Waals surface area contributed by atoms with E-state index >= 15 is 0 Å². The number of pyridine rings is 1. The summed E-state index contributed by atoms with van der Waals surface area (Å²) in [6.45, 7) is 2.66. The van der Waals surface area contributed by atoms with E-state index in [1.807, 2.05) is 32.3 Å². The Morgan fingerprint density at radius 2 is 2.16 bits per heavy atom. The van der Waals surface area contributed by atoms with Gasteiger partial charge in [-0.3, -0.25) is 19.3 Å². The molecule has 0 fully saturated rings. The maximum Gasteiger partial charge on any atom is 0.256 e. The lowest BCUT2D eigenvalue weighted by Crippen LogP contribution is -2.37. The number of rotatable bonds is 6. The molecule has 0 aromatic carbocycles. The third kappa shape index (κ3) is 4.40. The second-order valence-corrected chi connectivity index (χ2v) is 9.23. The summed E-state index contributed by atoms with van der Waals surface area (Å²) in [5.41, 5.74) is 10.5. The third-order valence-electron chi connectivity index (χ3n) is 5.99. The van der Waals surface area contributed by atoms with Crippen LogP contribution >= 0.6 is 23.2 Å². The maximum atomic E-state index is 13.4. The number of fused-ring (bicyclic) bond motifs is 1. The fraction of sp³-hybridized carbons (Fsp3) is 0.455. The Kier molecular flexibility index (Phi) is 6.55. The molecule has 0 saturated heterocycles. The Hall–Kier alpha value is -2.42. The van der Waals surface area contributed by atoms with Crippen molar-refractivity contribution in [2.45, 2.75) is 50.7 Å². The molecule has 2 atom stereocenters. The lowest BCUT2D eigenvalue weighted by Gasteiger charge is -2.27. The van der Waals surface area contributed by atoms with Gasteiger partial charge < -0.3 is 16.0 Å². The molecule has 3 heterocycles. The first-order valence-corrected chi connectivity index (χ1v) is 11.4. The molecule has 4 rings (SSSR count). The Morgan fingerprint density at radius 1 is 1.38 bits per heavy atom. The third-order valence-corrected chi connectivity index (χ3v) is 6.72. The molecule has 10 heteroatoms. The van der Waals surface area contributed by atoms with Gasteiger partial charge in [0.1, 0.15) is 6.54 Å². The van der Waals surface area contributed by atoms with Crippen molar-refractivity contribution in [1.29, 1.82) is 0 Å². The van der Waals surface area contributed by atoms with Crippen LogP contribution in [0.3, 0.4) is 0 Å². The van der Waals surface area contributed by atoms with Crippen molar-refractivity contribution < 1.29 is 9.59 Å². The van der Waals surface area contributed by atoms with Gasteiger partial charge in [0.15, 0.2) is 0 Å². The fourth-order valence-corrected chi connectivity index (χ4v) is 5.15. The Balaban J connectivity index is 1.57. The second kappa shape index (κ2) is 9.21. The van der Waals surface area contributed by atoms with Gasteiger partial charge in [0, 0.05) is 36.4 Å². The normalized spacial score (nSPS) is 20.3. The van der Waals surface area contributed by atoms with Crippen LogP contribution in [0.4, 0.5) is 0 Å². The zero-order valence-electron chi connectivity index (χ0n) is 18.1. The van der Waals surface area contributed by atoms with Gasteiger partial charge in [-0.1, -0.05) is 17.7 Å². The fourth-order valence-electron chi connectivity index (χ4n) is 4.45. The summed E-state index contributed by atoms with van der Waals surface area (Å²) >= 11 is 12.8. The number of nitrogens with one attached hydrogen (secondary N) is 1. The molecule has 32 heavy (non-hydrogen) atoms. The van der Waals surface area contributed by atoms with Gasteiger partial charge in [-0.25, -0.2) is 0 Å². The highest BCUT2D eigenvalue weighted by atomic mass is 35.5. The highest BCUT2D eigenvalue weighted by Crippen LogP contribution is 2.43. The van der Waals surface area contributed by atoms with Gasteiger partial charge >= 0.3 is 0 Å². The minimum absolute atomic E-state index is 0.0591. The monoisotopic (exact) mass is 476 g/mol. The summed E-state index contributed by atoms with van der Waals surface area (Å²) < 4.78 is 1.67. The molecule has 2 amide bonds. The molecule has 3 N–H and O–H groups in total. The number of amides is 2. The number of alkyl halides is 1. The van der Waals surface area contributed by atoms with E-state index in [9.17, 15) is 9.59 Å². The number of aromatic nitrogens is 3. The molecule has 2 aromatic rings. The second-order valence-electron chi connectivity index (χ2n) is 8.23. The molecule has 8 nitrogen and oxygen atoms in total. The zero-order valence-corrected chi connectivity index (χ0v) is 19.6. The van der Waals surface area contributed by atoms with Crippen LogP contribution in [-0.4, -0.2) is 43.4 Å². The van der Waals surface area contributed by atoms with E-state index in [4.69, 9.17) is 28.9 Å². The smallest absolute Gasteiger partial charge is 0.256 e. The SMILES string of the molecule is Cc1nc2c(c(C3CCC(Cl)C=C3Cl)c1CN)C(=O)N(CC(=O)NCc1ccn(C)n1)C2. The molecule has 2 aliphatic rings. The van der Waals surface area contributed by atoms with Crippen LogP contribution < -0.4 is 11.1 Å². The van der Waals surface area contributed by atoms with E-state index in [0.717, 1.165) is 35.4 Å². The summed E-state index contributed by atoms with van der Waals surface area (Å²) in [6, 6.07) is 1.83. The van der Waals surface area contributed by atoms with Crippen LogP contribution in [-0.2, 0) is 31.5 Å². The molecular formula is C22H26Cl2N6O2. The van der Waals surface area contributed by atoms with Crippen molar-refractivity contribution in [3.63, 3.8) is 0 Å². The summed E-state index contributed by atoms with van der Waals surface area (Å²) in [4.78, 5) is 32.1. The molecule has 0 spiro atoms. The number of aryl methyl sites for hydroxylation is 2. The topological polar surface area (TPSA) is 106 Å². The van der Waals surface area contributed by atoms with Gasteiger partial charge in [0.2, 0.25) is 5.91 Å². The van der Waals surface area contributed by atoms with Crippen LogP contribution in [0.2, 0.25) is 0 Å². The molecule has 0 saturated carbocycles. The molecule has 0 radical (unpaired) electrons. The maximum absolute atomic E-state index is 13.4. The van der Waals surface area contributed by atoms with Crippen molar-refractivity contribution in [2.24, 2.45) is 12.8 Å². The van der Waals surface area contributed by atoms with Crippen molar-refractivity contribution in [1.82, 2.24) is 25.0 Å². The Morgan fingerprint density at radius 3 is 2.81 bits per heavy atom. The number of hydrogen-bond acceptors (Lipinski definition) is 5. The number of nitrogens with zero attached hydrogens (tertiary/aromatic N) is 4. The van der Waals surface area contributed by atoms with E-state index in [-0.39, 0.29) is 42.7 Å². The van der Waals surface area contributed by atoms with Gasteiger partial charge in [-0.05, 0) is 37.0 Å². The quantitative estimate of drug-likeness (QED) is 0.622. The minimum atomic E-state index is -0.255. The summed E-state index contributed by atoms with van der Waals surface area (Å²) in [5.74, 6) is -0.625. The summed E-state index contributed by atoms with van der Waals surface area (Å²) in [5, 5.41) is 7.56. The van der Waals surface area contributed by atoms with Crippen LogP contribution in [0.1, 0.15) is 57.3 Å². The summed E-state index contributed by atoms with van der Waals surface area (Å²) in [7, 11) is 1.81. The number of carbonyl (C=O) groups is 2. The van der Waals surface area contributed by atoms with Crippen LogP contribution in [0.25, 0.3) is 0 Å². The first-order chi connectivity index (χ1) is 15.3. The van der Waals surface area contributed by atoms with Gasteiger partial charge in [-0.2, -0.15) is 5.10 Å². The molecular weight excluding hydrogens is 451 g/mol. The van der Waals surface area contributed by atoms with Crippen molar-refractivity contribution in [2.75, 3.05) is 6.54 Å². The number of hydrogen-bond donors (Lipinski definition) is 2. The summed E-state index contributed by atoms with van der Waals surface area (Å²) in [6.07, 6.45) is 5.13. The highest BCUT2D eigenvalue weighted by molar-refractivity contribution is 6.32. The van der Waals surface area contributed by atoms with Crippen molar-refractivity contribution >= 4 is 35.0 Å². The van der Waals surface area contributed by atoms with Crippen molar-refractivity contribution in [3.05, 3.63) is 57.1 Å². The number of halogens is 2. The predicted octanol–water partition coefficient (Wildman–Crippen LogP) is 2.46. The standard InChI is InChI=1S/C22H26Cl2N6O2/c1-12-16(8-25)20(15-4-3-13(23)7-17(15)24)21-18(27-12)10-30(22(21)32)11-19(31)26-9-14-5-6-29(2)28-14/h5-7,13,15H,3-4,8-11,25H2,1-2H3,(H,26,31). The van der Waals surface area contributed by atoms with Crippen LogP contribution in [0.15, 0.2) is 23.4 Å². The van der Waals surface area contributed by atoms with Crippen LogP contribution in [0.5, 0.6) is 0 Å². The largest absolute Gasteiger partial charge is 0.349 e. The number of carbonyl (C=O) groups excluding carboxylic acids is 2. The number of allylic oxidation sites excluding steroid dienone is 2.